The predicted molar refractivity (Wildman–Crippen MR) is 97.8 cm³/mol. The molecule has 130 valence electrons. The first-order chi connectivity index (χ1) is 11.5. The van der Waals surface area contributed by atoms with Gasteiger partial charge in [-0.1, -0.05) is 34.8 Å². The van der Waals surface area contributed by atoms with Gasteiger partial charge in [-0.2, -0.15) is 0 Å². The van der Waals surface area contributed by atoms with Crippen LogP contribution in [0.3, 0.4) is 0 Å². The second kappa shape index (κ2) is 7.66. The van der Waals surface area contributed by atoms with E-state index < -0.39 is 0 Å². The molecule has 3 atom stereocenters. The lowest BCUT2D eigenvalue weighted by Gasteiger charge is -2.24. The topological polar surface area (TPSA) is 70.2 Å². The molecule has 5 nitrogen and oxygen atoms in total. The first kappa shape index (κ1) is 17.4. The third kappa shape index (κ3) is 4.16. The van der Waals surface area contributed by atoms with Crippen molar-refractivity contribution in [2.24, 2.45) is 5.92 Å². The van der Waals surface area contributed by atoms with Crippen molar-refractivity contribution >= 4 is 33.4 Å². The maximum atomic E-state index is 12.3. The van der Waals surface area contributed by atoms with Crippen LogP contribution in [0.2, 0.25) is 0 Å². The number of hydrogen-bond acceptors (Lipinski definition) is 3. The van der Waals surface area contributed by atoms with Crippen LogP contribution in [0, 0.1) is 12.8 Å². The van der Waals surface area contributed by atoms with Gasteiger partial charge in [0.05, 0.1) is 12.6 Å². The van der Waals surface area contributed by atoms with Crippen LogP contribution in [-0.4, -0.2) is 30.4 Å². The fraction of sp³-hybridized carbons (Fsp3) is 0.556. The van der Waals surface area contributed by atoms with Crippen LogP contribution in [0.15, 0.2) is 22.7 Å². The van der Waals surface area contributed by atoms with E-state index in [2.05, 4.69) is 31.9 Å². The number of amides is 2. The molecule has 6 heteroatoms. The molecule has 0 bridgehead atoms. The summed E-state index contributed by atoms with van der Waals surface area (Å²) in [6.07, 6.45) is 5.78. The molecule has 1 aromatic carbocycles. The number of carbonyl (C=O) groups excluding carboxylic acids is 2. The number of rotatable bonds is 4. The number of halogens is 1. The number of hydrogen-bond donors (Lipinski definition) is 3. The van der Waals surface area contributed by atoms with E-state index >= 15 is 0 Å². The zero-order chi connectivity index (χ0) is 17.1. The second-order valence-electron chi connectivity index (χ2n) is 6.83. The summed E-state index contributed by atoms with van der Waals surface area (Å²) in [5.41, 5.74) is 1.74. The number of anilines is 1. The molecule has 2 fully saturated rings. The Hall–Kier alpha value is -1.40. The second-order valence-corrected chi connectivity index (χ2v) is 7.75. The molecular weight excluding hydrogens is 370 g/mol. The van der Waals surface area contributed by atoms with E-state index in [4.69, 9.17) is 0 Å². The van der Waals surface area contributed by atoms with Crippen molar-refractivity contribution in [3.05, 3.63) is 28.2 Å². The van der Waals surface area contributed by atoms with Crippen molar-refractivity contribution < 1.29 is 9.59 Å². The number of carbonyl (C=O) groups is 2. The van der Waals surface area contributed by atoms with Crippen LogP contribution in [0.4, 0.5) is 5.69 Å². The van der Waals surface area contributed by atoms with E-state index in [0.717, 1.165) is 28.6 Å². The molecule has 2 amide bonds. The summed E-state index contributed by atoms with van der Waals surface area (Å²) < 4.78 is 0.908. The highest BCUT2D eigenvalue weighted by molar-refractivity contribution is 9.10. The monoisotopic (exact) mass is 393 g/mol. The van der Waals surface area contributed by atoms with Crippen LogP contribution in [0.25, 0.3) is 0 Å². The molecular formula is C18H24BrN3O2. The van der Waals surface area contributed by atoms with Gasteiger partial charge in [-0.15, -0.1) is 0 Å². The molecule has 0 spiro atoms. The Morgan fingerprint density at radius 2 is 2.08 bits per heavy atom. The molecule has 1 heterocycles. The van der Waals surface area contributed by atoms with Gasteiger partial charge in [-0.05, 0) is 49.8 Å². The quantitative estimate of drug-likeness (QED) is 0.736. The van der Waals surface area contributed by atoms with Crippen molar-refractivity contribution in [3.8, 4) is 0 Å². The highest BCUT2D eigenvalue weighted by Gasteiger charge is 2.38. The summed E-state index contributed by atoms with van der Waals surface area (Å²) in [5.74, 6) is 0.345. The van der Waals surface area contributed by atoms with E-state index in [1.54, 1.807) is 0 Å². The van der Waals surface area contributed by atoms with Gasteiger partial charge < -0.3 is 16.0 Å². The highest BCUT2D eigenvalue weighted by Crippen LogP contribution is 2.33. The molecule has 0 radical (unpaired) electrons. The number of fused-ring (bicyclic) bond motifs is 1. The molecule has 3 unspecified atom stereocenters. The van der Waals surface area contributed by atoms with Crippen molar-refractivity contribution in [2.45, 2.75) is 51.1 Å². The third-order valence-corrected chi connectivity index (χ3v) is 5.57. The normalized spacial score (nSPS) is 25.8. The Kier molecular flexibility index (Phi) is 5.56. The molecule has 1 aliphatic carbocycles. The van der Waals surface area contributed by atoms with Gasteiger partial charge in [-0.25, -0.2) is 0 Å². The molecule has 1 saturated heterocycles. The van der Waals surface area contributed by atoms with Gasteiger partial charge in [0.2, 0.25) is 11.8 Å². The lowest BCUT2D eigenvalue weighted by atomic mass is 9.85. The minimum Gasteiger partial charge on any atom is -0.346 e. The van der Waals surface area contributed by atoms with Crippen LogP contribution in [0.5, 0.6) is 0 Å². The van der Waals surface area contributed by atoms with Crippen LogP contribution >= 0.6 is 15.9 Å². The van der Waals surface area contributed by atoms with E-state index in [1.165, 1.54) is 19.3 Å². The zero-order valence-corrected chi connectivity index (χ0v) is 15.5. The Morgan fingerprint density at radius 1 is 1.29 bits per heavy atom. The first-order valence-corrected chi connectivity index (χ1v) is 9.42. The molecule has 1 saturated carbocycles. The molecule has 3 N–H and O–H groups in total. The minimum atomic E-state index is -0.208. The minimum absolute atomic E-state index is 0.00169. The zero-order valence-electron chi connectivity index (χ0n) is 13.9. The largest absolute Gasteiger partial charge is 0.346 e. The summed E-state index contributed by atoms with van der Waals surface area (Å²) in [7, 11) is 0. The van der Waals surface area contributed by atoms with E-state index in [0.29, 0.717) is 12.0 Å². The summed E-state index contributed by atoms with van der Waals surface area (Å²) >= 11 is 3.39. The van der Waals surface area contributed by atoms with Crippen molar-refractivity contribution in [1.29, 1.82) is 0 Å². The number of benzene rings is 1. The lowest BCUT2D eigenvalue weighted by Crippen LogP contribution is -2.45. The van der Waals surface area contributed by atoms with Gasteiger partial charge in [0.25, 0.3) is 0 Å². The fourth-order valence-corrected chi connectivity index (χ4v) is 4.10. The Labute approximate surface area is 151 Å². The van der Waals surface area contributed by atoms with Gasteiger partial charge in [0.1, 0.15) is 0 Å². The average Bonchev–Trinajstić information content (AvgIpc) is 3.00. The van der Waals surface area contributed by atoms with Crippen molar-refractivity contribution in [1.82, 2.24) is 10.6 Å². The highest BCUT2D eigenvalue weighted by atomic mass is 79.9. The molecule has 1 aliphatic heterocycles. The van der Waals surface area contributed by atoms with Crippen molar-refractivity contribution in [2.75, 3.05) is 11.9 Å². The van der Waals surface area contributed by atoms with Crippen LogP contribution in [0.1, 0.15) is 37.7 Å². The predicted octanol–water partition coefficient (Wildman–Crippen LogP) is 2.73. The summed E-state index contributed by atoms with van der Waals surface area (Å²) in [5, 5.41) is 9.04. The third-order valence-electron chi connectivity index (χ3n) is 5.08. The fourth-order valence-electron chi connectivity index (χ4n) is 3.74. The van der Waals surface area contributed by atoms with Gasteiger partial charge in [0.15, 0.2) is 0 Å². The standard InChI is InChI=1S/C18H24BrN3O2/c1-11-6-7-13(19)9-15(11)22-17(23)10-20-18(24)16-8-12-4-2-3-5-14(12)21-16/h6-7,9,12,14,16,21H,2-5,8,10H2,1H3,(H,20,24)(H,22,23). The van der Waals surface area contributed by atoms with Crippen LogP contribution < -0.4 is 16.0 Å². The summed E-state index contributed by atoms with van der Waals surface area (Å²) in [6.45, 7) is 1.93. The average molecular weight is 394 g/mol. The molecule has 3 rings (SSSR count). The first-order valence-electron chi connectivity index (χ1n) is 8.62. The Balaban J connectivity index is 1.47. The number of aryl methyl sites for hydroxylation is 1. The smallest absolute Gasteiger partial charge is 0.243 e. The van der Waals surface area contributed by atoms with Gasteiger partial charge in [0, 0.05) is 16.2 Å². The van der Waals surface area contributed by atoms with Crippen molar-refractivity contribution in [3.63, 3.8) is 0 Å². The Morgan fingerprint density at radius 3 is 2.88 bits per heavy atom. The van der Waals surface area contributed by atoms with Gasteiger partial charge in [-0.3, -0.25) is 9.59 Å². The summed E-state index contributed by atoms with van der Waals surface area (Å²) in [6, 6.07) is 6.05. The van der Waals surface area contributed by atoms with E-state index in [9.17, 15) is 9.59 Å². The summed E-state index contributed by atoms with van der Waals surface area (Å²) in [4.78, 5) is 24.4. The van der Waals surface area contributed by atoms with Gasteiger partial charge >= 0.3 is 0 Å². The molecule has 1 aromatic rings. The maximum Gasteiger partial charge on any atom is 0.243 e. The van der Waals surface area contributed by atoms with E-state index in [1.807, 2.05) is 25.1 Å². The Bertz CT molecular complexity index is 621. The number of nitrogens with one attached hydrogen (secondary N) is 3. The SMILES string of the molecule is Cc1ccc(Br)cc1NC(=O)CNC(=O)C1CC2CCCCC2N1. The maximum absolute atomic E-state index is 12.3. The molecule has 2 aliphatic rings. The molecule has 0 aromatic heterocycles. The lowest BCUT2D eigenvalue weighted by molar-refractivity contribution is -0.125. The van der Waals surface area contributed by atoms with E-state index in [-0.39, 0.29) is 24.4 Å². The van der Waals surface area contributed by atoms with Crippen LogP contribution in [-0.2, 0) is 9.59 Å². The molecule has 24 heavy (non-hydrogen) atoms.